The Morgan fingerprint density at radius 2 is 1.15 bits per heavy atom. The second-order valence-electron chi connectivity index (χ2n) is 18.4. The van der Waals surface area contributed by atoms with E-state index in [0.29, 0.717) is 11.4 Å². The zero-order chi connectivity index (χ0) is 45.8. The molecular weight excluding hydrogens is 755 g/mol. The number of aromatic nitrogens is 3. The maximum atomic E-state index is 12.0. The highest BCUT2D eigenvalue weighted by atomic mass is 16.3. The summed E-state index contributed by atoms with van der Waals surface area (Å²) in [6.07, 6.45) is 1.88. The molecule has 2 aromatic heterocycles. The van der Waals surface area contributed by atoms with Crippen molar-refractivity contribution >= 4 is 11.0 Å². The molecule has 4 heteroatoms. The zero-order valence-corrected chi connectivity index (χ0v) is 36.5. The predicted octanol–water partition coefficient (Wildman–Crippen LogP) is 15.3. The van der Waals surface area contributed by atoms with Crippen molar-refractivity contribution in [3.05, 3.63) is 192 Å². The molecular formula is C58H53N3O. The minimum atomic E-state index is -2.32. The van der Waals surface area contributed by atoms with Crippen LogP contribution in [0, 0.1) is 13.8 Å². The van der Waals surface area contributed by atoms with Crippen LogP contribution in [-0.4, -0.2) is 19.6 Å². The Kier molecular flexibility index (Phi) is 9.36. The van der Waals surface area contributed by atoms with Crippen molar-refractivity contribution < 1.29 is 9.22 Å². The van der Waals surface area contributed by atoms with Crippen LogP contribution in [0.1, 0.15) is 67.9 Å². The third kappa shape index (κ3) is 7.74. The van der Waals surface area contributed by atoms with Crippen LogP contribution in [0.3, 0.4) is 0 Å². The molecule has 0 saturated heterocycles. The summed E-state index contributed by atoms with van der Waals surface area (Å²) in [5.74, 6) is 0.701. The fourth-order valence-electron chi connectivity index (χ4n) is 8.34. The van der Waals surface area contributed by atoms with E-state index in [2.05, 4.69) is 143 Å². The van der Waals surface area contributed by atoms with Gasteiger partial charge in [-0.25, -0.2) is 4.98 Å². The minimum Gasteiger partial charge on any atom is -0.507 e. The van der Waals surface area contributed by atoms with Gasteiger partial charge in [-0.3, -0.25) is 9.55 Å². The zero-order valence-electron chi connectivity index (χ0n) is 39.5. The first-order chi connectivity index (χ1) is 30.9. The molecule has 0 saturated carbocycles. The monoisotopic (exact) mass is 810 g/mol. The maximum absolute atomic E-state index is 12.0. The number of hydrogen-bond donors (Lipinski definition) is 1. The number of pyridine rings is 1. The van der Waals surface area contributed by atoms with Crippen LogP contribution >= 0.6 is 0 Å². The van der Waals surface area contributed by atoms with Gasteiger partial charge >= 0.3 is 0 Å². The molecule has 0 bridgehead atoms. The molecule has 0 fully saturated rings. The molecule has 1 N–H and O–H groups in total. The van der Waals surface area contributed by atoms with Crippen molar-refractivity contribution in [2.45, 2.75) is 66.1 Å². The molecule has 0 aliphatic heterocycles. The number of nitrogens with zero attached hydrogens (tertiary/aromatic N) is 3. The molecule has 7 aromatic carbocycles. The van der Waals surface area contributed by atoms with Gasteiger partial charge in [0.05, 0.1) is 28.0 Å². The van der Waals surface area contributed by atoms with Crippen molar-refractivity contribution in [3.63, 3.8) is 0 Å². The highest BCUT2D eigenvalue weighted by Crippen LogP contribution is 2.44. The number of fused-ring (bicyclic) bond motifs is 1. The van der Waals surface area contributed by atoms with E-state index < -0.39 is 6.85 Å². The lowest BCUT2D eigenvalue weighted by molar-refractivity contribution is 0.471. The third-order valence-corrected chi connectivity index (χ3v) is 11.9. The van der Waals surface area contributed by atoms with E-state index in [-0.39, 0.29) is 22.1 Å². The van der Waals surface area contributed by atoms with E-state index in [0.717, 1.165) is 78.0 Å². The average Bonchev–Trinajstić information content (AvgIpc) is 3.68. The lowest BCUT2D eigenvalue weighted by Crippen LogP contribution is -2.12. The Balaban J connectivity index is 1.27. The molecule has 0 aliphatic carbocycles. The summed E-state index contributed by atoms with van der Waals surface area (Å²) in [7, 11) is 0. The van der Waals surface area contributed by atoms with E-state index in [1.54, 1.807) is 12.1 Å². The first-order valence-electron chi connectivity index (χ1n) is 22.8. The lowest BCUT2D eigenvalue weighted by atomic mass is 9.83. The minimum absolute atomic E-state index is 0.147. The number of imidazole rings is 1. The Bertz CT molecular complexity index is 3210. The van der Waals surface area contributed by atoms with Crippen molar-refractivity contribution in [1.29, 1.82) is 0 Å². The summed E-state index contributed by atoms with van der Waals surface area (Å²) in [6.45, 7) is 12.8. The van der Waals surface area contributed by atoms with Crippen LogP contribution in [0.25, 0.3) is 83.9 Å². The van der Waals surface area contributed by atoms with Gasteiger partial charge in [-0.15, -0.1) is 0 Å². The van der Waals surface area contributed by atoms with Crippen LogP contribution in [-0.2, 0) is 10.8 Å². The first kappa shape index (κ1) is 36.8. The normalized spacial score (nSPS) is 12.9. The number of hydrogen-bond acceptors (Lipinski definition) is 3. The van der Waals surface area contributed by atoms with Gasteiger partial charge in [0.2, 0.25) is 0 Å². The number of rotatable bonds is 7. The van der Waals surface area contributed by atoms with E-state index in [9.17, 15) is 5.11 Å². The van der Waals surface area contributed by atoms with E-state index >= 15 is 0 Å². The van der Waals surface area contributed by atoms with Crippen molar-refractivity contribution in [2.24, 2.45) is 0 Å². The van der Waals surface area contributed by atoms with Crippen LogP contribution in [0.15, 0.2) is 170 Å². The van der Waals surface area contributed by atoms with Crippen LogP contribution in [0.4, 0.5) is 0 Å². The smallest absolute Gasteiger partial charge is 0.149 e. The molecule has 0 amide bonds. The summed E-state index contributed by atoms with van der Waals surface area (Å²) in [5.41, 5.74) is 15.6. The molecule has 0 spiro atoms. The Hall–Kier alpha value is -7.04. The van der Waals surface area contributed by atoms with Gasteiger partial charge in [0, 0.05) is 27.0 Å². The molecule has 0 radical (unpaired) electrons. The fourth-order valence-corrected chi connectivity index (χ4v) is 8.34. The number of aryl methyl sites for hydroxylation is 2. The highest BCUT2D eigenvalue weighted by molar-refractivity contribution is 5.98. The predicted molar refractivity (Wildman–Crippen MR) is 260 cm³/mol. The molecule has 0 atom stereocenters. The van der Waals surface area contributed by atoms with Crippen molar-refractivity contribution in [2.75, 3.05) is 0 Å². The van der Waals surface area contributed by atoms with Gasteiger partial charge < -0.3 is 5.11 Å². The maximum Gasteiger partial charge on any atom is 0.149 e. The fraction of sp³-hybridized carbons (Fsp3) is 0.172. The lowest BCUT2D eigenvalue weighted by Gasteiger charge is -2.22. The number of phenolic OH excluding ortho intramolecular Hbond substituents is 1. The first-order valence-corrected chi connectivity index (χ1v) is 21.3. The Morgan fingerprint density at radius 3 is 1.82 bits per heavy atom. The van der Waals surface area contributed by atoms with Crippen molar-refractivity contribution in [1.82, 2.24) is 14.5 Å². The number of aromatic hydroxyl groups is 1. The van der Waals surface area contributed by atoms with Gasteiger partial charge in [0.25, 0.3) is 0 Å². The van der Waals surface area contributed by atoms with E-state index in [4.69, 9.17) is 14.1 Å². The van der Waals surface area contributed by atoms with Crippen LogP contribution in [0.5, 0.6) is 5.75 Å². The SMILES string of the molecule is [2H]C([2H])([2H])c1ccc(-n2c(-c3cc(C(C)(C)C)cc(C)c3O)nc3c(-c4cc(-c5cc(-c6ccc(-c7ccccc7)cc6)ccn5)cc(C(C)(C)C)c4)cccc32)c(-c2ccccc2)c1. The number of phenols is 1. The molecule has 2 heterocycles. The molecule has 4 nitrogen and oxygen atoms in total. The van der Waals surface area contributed by atoms with Gasteiger partial charge in [-0.1, -0.05) is 162 Å². The summed E-state index contributed by atoms with van der Waals surface area (Å²) >= 11 is 0. The van der Waals surface area contributed by atoms with Crippen LogP contribution < -0.4 is 0 Å². The number of benzene rings is 7. The summed E-state index contributed by atoms with van der Waals surface area (Å²) < 4.78 is 27.1. The second kappa shape index (κ2) is 15.8. The molecule has 9 rings (SSSR count). The summed E-state index contributed by atoms with van der Waals surface area (Å²) in [4.78, 5) is 10.5. The van der Waals surface area contributed by atoms with Gasteiger partial charge in [-0.2, -0.15) is 0 Å². The van der Waals surface area contributed by atoms with E-state index in [1.165, 1.54) is 11.1 Å². The van der Waals surface area contributed by atoms with Gasteiger partial charge in [-0.05, 0) is 123 Å². The summed E-state index contributed by atoms with van der Waals surface area (Å²) in [5, 5.41) is 12.0. The molecule has 9 aromatic rings. The van der Waals surface area contributed by atoms with E-state index in [1.807, 2.05) is 67.7 Å². The largest absolute Gasteiger partial charge is 0.507 e. The summed E-state index contributed by atoms with van der Waals surface area (Å²) in [6, 6.07) is 55.5. The van der Waals surface area contributed by atoms with Crippen molar-refractivity contribution in [3.8, 4) is 78.6 Å². The Labute approximate surface area is 370 Å². The highest BCUT2D eigenvalue weighted by Gasteiger charge is 2.26. The quantitative estimate of drug-likeness (QED) is 0.174. The second-order valence-corrected chi connectivity index (χ2v) is 18.4. The topological polar surface area (TPSA) is 50.9 Å². The van der Waals surface area contributed by atoms with Crippen LogP contribution in [0.2, 0.25) is 0 Å². The standard InChI is InChI=1S/C58H53N3O/c1-37-22-27-52(49(30-37)42-18-13-10-14-19-42)61-53-21-15-20-48(54(53)60-56(61)50-36-46(57(3,4)5)31-38(2)55(50)62)44-32-45(34-47(33-44)58(6,7)8)51-35-43(28-29-59-51)41-25-23-40(24-26-41)39-16-11-9-12-17-39/h9-36,62H,1-8H3/i1D3. The molecule has 0 unspecified atom stereocenters. The number of para-hydroxylation sites is 1. The molecule has 0 aliphatic rings. The molecule has 62 heavy (non-hydrogen) atoms. The molecule has 306 valence electrons. The average molecular weight is 811 g/mol. The third-order valence-electron chi connectivity index (χ3n) is 11.9. The van der Waals surface area contributed by atoms with Gasteiger partial charge in [0.1, 0.15) is 11.6 Å². The van der Waals surface area contributed by atoms with Gasteiger partial charge in [0.15, 0.2) is 0 Å². The Morgan fingerprint density at radius 1 is 0.516 bits per heavy atom.